The van der Waals surface area contributed by atoms with E-state index in [1.165, 1.54) is 55.1 Å². The Morgan fingerprint density at radius 1 is 0.977 bits per heavy atom. The number of rotatable bonds is 8. The maximum atomic E-state index is 13.7. The van der Waals surface area contributed by atoms with Gasteiger partial charge in [0.2, 0.25) is 0 Å². The van der Waals surface area contributed by atoms with Crippen LogP contribution in [0, 0.1) is 35.0 Å². The van der Waals surface area contributed by atoms with Gasteiger partial charge in [-0.1, -0.05) is 58.6 Å². The molecule has 6 atom stereocenters. The van der Waals surface area contributed by atoms with Crippen molar-refractivity contribution in [1.29, 1.82) is 0 Å². The zero-order chi connectivity index (χ0) is 31.3. The molecule has 2 aromatic rings. The van der Waals surface area contributed by atoms with Crippen molar-refractivity contribution in [2.75, 3.05) is 19.0 Å². The van der Waals surface area contributed by atoms with Crippen LogP contribution in [0.2, 0.25) is 0 Å². The Bertz CT molecular complexity index is 1540. The summed E-state index contributed by atoms with van der Waals surface area (Å²) in [4.78, 5) is 29.2. The first-order valence-electron chi connectivity index (χ1n) is 17.3. The monoisotopic (exact) mass is 602 g/mol. The van der Waals surface area contributed by atoms with E-state index < -0.39 is 6.10 Å². The second kappa shape index (κ2) is 12.2. The molecule has 4 aliphatic rings. The maximum absolute atomic E-state index is 13.7. The Hall–Kier alpha value is -2.80. The third-order valence-corrected chi connectivity index (χ3v) is 12.0. The highest BCUT2D eigenvalue weighted by atomic mass is 16.3. The summed E-state index contributed by atoms with van der Waals surface area (Å²) in [6.07, 6.45) is 13.7. The van der Waals surface area contributed by atoms with Gasteiger partial charge in [0.15, 0.2) is 0 Å². The van der Waals surface area contributed by atoms with Crippen molar-refractivity contribution in [3.63, 3.8) is 0 Å². The molecule has 3 aliphatic carbocycles. The van der Waals surface area contributed by atoms with Gasteiger partial charge in [-0.3, -0.25) is 0 Å². The van der Waals surface area contributed by atoms with Crippen LogP contribution in [0.5, 0.6) is 0 Å². The highest BCUT2D eigenvalue weighted by Gasteiger charge is 2.51. The van der Waals surface area contributed by atoms with Gasteiger partial charge in [-0.05, 0) is 109 Å². The molecule has 1 N–H and O–H groups in total. The number of hydrogen-bond donors (Lipinski definition) is 1. The Balaban J connectivity index is 1.27. The minimum absolute atomic E-state index is 0.0860. The molecule has 0 saturated heterocycles. The quantitative estimate of drug-likeness (QED) is 0.348. The highest BCUT2D eigenvalue weighted by molar-refractivity contribution is 5.49. The number of benzene rings is 1. The number of nitrogens with zero attached hydrogens (tertiary/aromatic N) is 4. The molecular formula is C37H54N4O3. The van der Waals surface area contributed by atoms with Gasteiger partial charge in [0.25, 0.3) is 0 Å². The van der Waals surface area contributed by atoms with E-state index in [0.29, 0.717) is 36.5 Å². The first kappa shape index (κ1) is 31.2. The van der Waals surface area contributed by atoms with Crippen LogP contribution >= 0.6 is 0 Å². The topological polar surface area (TPSA) is 72.4 Å². The zero-order valence-electron chi connectivity index (χ0n) is 27.9. The lowest BCUT2D eigenvalue weighted by Crippen LogP contribution is -2.39. The predicted octanol–water partition coefficient (Wildman–Crippen LogP) is 6.55. The molecule has 2 saturated carbocycles. The average Bonchev–Trinajstić information content (AvgIpc) is 3.47. The van der Waals surface area contributed by atoms with Gasteiger partial charge in [-0.15, -0.1) is 0 Å². The van der Waals surface area contributed by atoms with Gasteiger partial charge in [0, 0.05) is 25.7 Å². The lowest BCUT2D eigenvalue weighted by molar-refractivity contribution is 0.0897. The van der Waals surface area contributed by atoms with Gasteiger partial charge in [0.05, 0.1) is 24.9 Å². The fourth-order valence-corrected chi connectivity index (χ4v) is 9.52. The molecule has 240 valence electrons. The van der Waals surface area contributed by atoms with Crippen LogP contribution in [-0.4, -0.2) is 39.2 Å². The predicted molar refractivity (Wildman–Crippen MR) is 178 cm³/mol. The molecule has 1 unspecified atom stereocenters. The van der Waals surface area contributed by atoms with E-state index in [1.54, 1.807) is 14.9 Å². The number of fused-ring (bicyclic) bond motifs is 2. The van der Waals surface area contributed by atoms with Crippen LogP contribution in [-0.2, 0) is 13.1 Å². The van der Waals surface area contributed by atoms with Crippen LogP contribution < -0.4 is 16.3 Å². The molecule has 0 radical (unpaired) electrons. The van der Waals surface area contributed by atoms with E-state index in [-0.39, 0.29) is 17.3 Å². The highest BCUT2D eigenvalue weighted by Crippen LogP contribution is 2.60. The summed E-state index contributed by atoms with van der Waals surface area (Å²) >= 11 is 0. The number of aliphatic hydroxyl groups excluding tert-OH is 1. The number of allylic oxidation sites excluding steroid dienone is 2. The van der Waals surface area contributed by atoms with Gasteiger partial charge in [-0.2, -0.15) is 0 Å². The van der Waals surface area contributed by atoms with E-state index in [4.69, 9.17) is 0 Å². The second-order valence-electron chi connectivity index (χ2n) is 15.3. The van der Waals surface area contributed by atoms with E-state index >= 15 is 0 Å². The van der Waals surface area contributed by atoms with Gasteiger partial charge in [-0.25, -0.2) is 23.5 Å². The normalized spacial score (nSPS) is 30.0. The Kier molecular flexibility index (Phi) is 8.64. The van der Waals surface area contributed by atoms with E-state index in [9.17, 15) is 14.7 Å². The van der Waals surface area contributed by atoms with Crippen molar-refractivity contribution in [1.82, 2.24) is 13.9 Å². The van der Waals surface area contributed by atoms with Crippen molar-refractivity contribution in [2.45, 2.75) is 111 Å². The van der Waals surface area contributed by atoms with E-state index in [1.807, 2.05) is 43.3 Å². The number of hydrogen-bond acceptors (Lipinski definition) is 4. The second-order valence-corrected chi connectivity index (χ2v) is 15.3. The minimum Gasteiger partial charge on any atom is -0.392 e. The largest absolute Gasteiger partial charge is 0.392 e. The zero-order valence-corrected chi connectivity index (χ0v) is 27.9. The Morgan fingerprint density at radius 3 is 2.36 bits per heavy atom. The standard InChI is InChI=1S/C37H54N4O3/c1-24(2)9-7-10-25(3)32-17-18-33-26(11-8-20-37(32,33)4)21-30-31-23-40-36(44)41(29-15-13-28(14-16-29)38(5)6)35(43)39(40)22-27(31)12-19-34(30)42/h13-16,21,24-25,30,32-34,42H,7-12,17-20,22-23H2,1-6H3/b26-21+/t25-,30?,32-,33+,34+,37-/m1/s1. The molecule has 6 rings (SSSR count). The minimum atomic E-state index is -0.448. The van der Waals surface area contributed by atoms with Crippen LogP contribution in [0.4, 0.5) is 5.69 Å². The Labute approximate surface area is 263 Å². The molecule has 0 amide bonds. The molecule has 2 heterocycles. The lowest BCUT2D eigenvalue weighted by Gasteiger charge is -2.45. The third-order valence-electron chi connectivity index (χ3n) is 12.0. The first-order chi connectivity index (χ1) is 21.0. The van der Waals surface area contributed by atoms with Crippen molar-refractivity contribution < 1.29 is 5.11 Å². The third kappa shape index (κ3) is 5.48. The van der Waals surface area contributed by atoms with E-state index in [2.05, 4.69) is 33.8 Å². The van der Waals surface area contributed by atoms with Crippen molar-refractivity contribution in [2.24, 2.45) is 35.0 Å². The summed E-state index contributed by atoms with van der Waals surface area (Å²) in [6.45, 7) is 10.5. The molecule has 7 heteroatoms. The molecule has 0 bridgehead atoms. The fraction of sp³-hybridized carbons (Fsp3) is 0.676. The first-order valence-corrected chi connectivity index (χ1v) is 17.3. The molecule has 7 nitrogen and oxygen atoms in total. The van der Waals surface area contributed by atoms with Crippen LogP contribution in [0.1, 0.15) is 91.9 Å². The summed E-state index contributed by atoms with van der Waals surface area (Å²) in [5.41, 5.74) is 5.27. The number of aromatic nitrogens is 3. The summed E-state index contributed by atoms with van der Waals surface area (Å²) in [6, 6.07) is 7.55. The summed E-state index contributed by atoms with van der Waals surface area (Å²) in [5.74, 6) is 2.80. The Morgan fingerprint density at radius 2 is 1.68 bits per heavy atom. The smallest absolute Gasteiger partial charge is 0.352 e. The van der Waals surface area contributed by atoms with Crippen LogP contribution in [0.3, 0.4) is 0 Å². The summed E-state index contributed by atoms with van der Waals surface area (Å²) in [7, 11) is 3.94. The summed E-state index contributed by atoms with van der Waals surface area (Å²) in [5, 5.41) is 11.4. The molecule has 1 aromatic carbocycles. The van der Waals surface area contributed by atoms with Gasteiger partial charge in [0.1, 0.15) is 0 Å². The molecule has 2 fully saturated rings. The molecular weight excluding hydrogens is 548 g/mol. The van der Waals surface area contributed by atoms with Crippen molar-refractivity contribution >= 4 is 5.69 Å². The SMILES string of the molecule is CC(C)CCC[C@@H](C)[C@H]1CC[C@H]2/C(=C/C3C4=C(CC[C@@H]3O)Cn3c(=O)n(-c5ccc(N(C)C)cc5)c(=O)n3C4)CCC[C@]12C. The molecule has 1 aliphatic heterocycles. The van der Waals surface area contributed by atoms with Crippen molar-refractivity contribution in [3.8, 4) is 5.69 Å². The lowest BCUT2D eigenvalue weighted by atomic mass is 9.60. The number of aliphatic hydroxyl groups is 1. The summed E-state index contributed by atoms with van der Waals surface area (Å²) < 4.78 is 4.53. The fourth-order valence-electron chi connectivity index (χ4n) is 9.52. The molecule has 0 spiro atoms. The van der Waals surface area contributed by atoms with Crippen molar-refractivity contribution in [3.05, 3.63) is 68.0 Å². The van der Waals surface area contributed by atoms with Crippen LogP contribution in [0.25, 0.3) is 5.69 Å². The molecule has 44 heavy (non-hydrogen) atoms. The molecule has 1 aromatic heterocycles. The van der Waals surface area contributed by atoms with Crippen LogP contribution in [0.15, 0.2) is 56.6 Å². The van der Waals surface area contributed by atoms with Gasteiger partial charge < -0.3 is 10.0 Å². The number of anilines is 1. The maximum Gasteiger partial charge on any atom is 0.352 e. The average molecular weight is 603 g/mol. The van der Waals surface area contributed by atoms with E-state index in [0.717, 1.165) is 41.9 Å². The van der Waals surface area contributed by atoms with Gasteiger partial charge >= 0.3 is 11.4 Å².